The van der Waals surface area contributed by atoms with Crippen LogP contribution in [0.15, 0.2) is 0 Å². The summed E-state index contributed by atoms with van der Waals surface area (Å²) in [6.07, 6.45) is 3.67. The van der Waals surface area contributed by atoms with Crippen molar-refractivity contribution < 1.29 is 23.7 Å². The van der Waals surface area contributed by atoms with E-state index in [9.17, 15) is 4.79 Å². The largest absolute Gasteiger partial charge is 0.452 e. The van der Waals surface area contributed by atoms with E-state index in [2.05, 4.69) is 18.9 Å². The number of hydrogen-bond acceptors (Lipinski definition) is 6. The van der Waals surface area contributed by atoms with E-state index in [1.807, 2.05) is 5.01 Å². The molecule has 2 heterocycles. The number of amides is 1. The zero-order valence-corrected chi connectivity index (χ0v) is 15.9. The van der Waals surface area contributed by atoms with Crippen molar-refractivity contribution in [2.24, 2.45) is 11.8 Å². The van der Waals surface area contributed by atoms with Crippen molar-refractivity contribution in [2.75, 3.05) is 40.6 Å². The molecule has 0 bridgehead atoms. The molecule has 7 nitrogen and oxygen atoms in total. The summed E-state index contributed by atoms with van der Waals surface area (Å²) in [6.45, 7) is 7.10. The zero-order chi connectivity index (χ0) is 18.0. The maximum absolute atomic E-state index is 12.6. The van der Waals surface area contributed by atoms with Crippen molar-refractivity contribution in [1.29, 1.82) is 0 Å². The Kier molecular flexibility index (Phi) is 5.88. The molecule has 0 aromatic carbocycles. The van der Waals surface area contributed by atoms with Crippen LogP contribution in [0.25, 0.3) is 0 Å². The molecule has 3 rings (SSSR count). The van der Waals surface area contributed by atoms with Gasteiger partial charge < -0.3 is 18.9 Å². The van der Waals surface area contributed by atoms with Gasteiger partial charge in [0, 0.05) is 26.0 Å². The van der Waals surface area contributed by atoms with E-state index in [4.69, 9.17) is 18.9 Å². The molecule has 0 aromatic heterocycles. The van der Waals surface area contributed by atoms with Crippen LogP contribution in [0, 0.1) is 11.8 Å². The minimum absolute atomic E-state index is 0.0204. The van der Waals surface area contributed by atoms with Gasteiger partial charge in [-0.25, -0.2) is 14.8 Å². The number of ether oxygens (including phenoxy) is 4. The number of carbonyl (C=O) groups is 1. The molecule has 3 fully saturated rings. The van der Waals surface area contributed by atoms with Crippen LogP contribution in [-0.4, -0.2) is 74.6 Å². The van der Waals surface area contributed by atoms with Gasteiger partial charge in [0.1, 0.15) is 0 Å². The molecule has 1 amide bonds. The van der Waals surface area contributed by atoms with E-state index in [0.717, 1.165) is 32.2 Å². The Morgan fingerprint density at radius 3 is 2.68 bits per heavy atom. The number of hydrazine groups is 1. The van der Waals surface area contributed by atoms with Gasteiger partial charge in [-0.15, -0.1) is 0 Å². The summed E-state index contributed by atoms with van der Waals surface area (Å²) >= 11 is 0. The van der Waals surface area contributed by atoms with E-state index in [1.54, 1.807) is 7.11 Å². The van der Waals surface area contributed by atoms with Crippen LogP contribution >= 0.6 is 0 Å². The van der Waals surface area contributed by atoms with E-state index in [-0.39, 0.29) is 24.1 Å². The molecular formula is C18H32N2O5. The molecule has 1 spiro atoms. The Hall–Kier alpha value is -0.890. The summed E-state index contributed by atoms with van der Waals surface area (Å²) in [5, 5.41) is 3.97. The summed E-state index contributed by atoms with van der Waals surface area (Å²) < 4.78 is 22.4. The predicted octanol–water partition coefficient (Wildman–Crippen LogP) is 2.26. The maximum atomic E-state index is 12.6. The molecule has 0 radical (unpaired) electrons. The van der Waals surface area contributed by atoms with Gasteiger partial charge >= 0.3 is 6.09 Å². The summed E-state index contributed by atoms with van der Waals surface area (Å²) in [4.78, 5) is 12.6. The lowest BCUT2D eigenvalue weighted by Gasteiger charge is -2.42. The van der Waals surface area contributed by atoms with Gasteiger partial charge in [0.05, 0.1) is 39.0 Å². The smallest absolute Gasteiger partial charge is 0.424 e. The van der Waals surface area contributed by atoms with Crippen LogP contribution in [0.3, 0.4) is 0 Å². The summed E-state index contributed by atoms with van der Waals surface area (Å²) in [6, 6.07) is 0.239. The second-order valence-corrected chi connectivity index (χ2v) is 7.47. The first-order valence-corrected chi connectivity index (χ1v) is 9.44. The van der Waals surface area contributed by atoms with Crippen molar-refractivity contribution in [2.45, 2.75) is 57.4 Å². The number of rotatable bonds is 5. The molecule has 3 aliphatic rings. The van der Waals surface area contributed by atoms with Crippen LogP contribution < -0.4 is 0 Å². The predicted molar refractivity (Wildman–Crippen MR) is 91.8 cm³/mol. The average molecular weight is 356 g/mol. The van der Waals surface area contributed by atoms with Gasteiger partial charge in [0.25, 0.3) is 0 Å². The zero-order valence-electron chi connectivity index (χ0n) is 15.9. The first kappa shape index (κ1) is 18.9. The first-order valence-electron chi connectivity index (χ1n) is 9.44. The molecule has 2 saturated heterocycles. The molecule has 1 aliphatic carbocycles. The highest BCUT2D eigenvalue weighted by atomic mass is 16.7. The van der Waals surface area contributed by atoms with Gasteiger partial charge in [0.2, 0.25) is 0 Å². The first-order chi connectivity index (χ1) is 12.0. The lowest BCUT2D eigenvalue weighted by Crippen LogP contribution is -2.56. The summed E-state index contributed by atoms with van der Waals surface area (Å²) in [5.41, 5.74) is 0. The third kappa shape index (κ3) is 3.39. The SMILES string of the molecule is COC[C@@H]1CCCN1N(C(=O)OC)[C@H](C)[C@@H]1CCC2(OCCO2)[C@@H]1C. The van der Waals surface area contributed by atoms with Crippen molar-refractivity contribution in [3.05, 3.63) is 0 Å². The van der Waals surface area contributed by atoms with Crippen molar-refractivity contribution in [1.82, 2.24) is 10.0 Å². The molecule has 7 heteroatoms. The van der Waals surface area contributed by atoms with Gasteiger partial charge in [-0.3, -0.25) is 0 Å². The highest BCUT2D eigenvalue weighted by Crippen LogP contribution is 2.48. The molecule has 144 valence electrons. The third-order valence-electron chi connectivity index (χ3n) is 6.29. The van der Waals surface area contributed by atoms with E-state index < -0.39 is 5.79 Å². The minimum Gasteiger partial charge on any atom is -0.452 e. The molecule has 0 aromatic rings. The highest BCUT2D eigenvalue weighted by molar-refractivity contribution is 5.67. The average Bonchev–Trinajstić information content (AvgIpc) is 3.32. The number of hydrogen-bond donors (Lipinski definition) is 0. The fourth-order valence-corrected chi connectivity index (χ4v) is 4.95. The molecule has 25 heavy (non-hydrogen) atoms. The van der Waals surface area contributed by atoms with Crippen molar-refractivity contribution >= 4 is 6.09 Å². The highest BCUT2D eigenvalue weighted by Gasteiger charge is 2.53. The van der Waals surface area contributed by atoms with Gasteiger partial charge in [-0.05, 0) is 32.1 Å². The third-order valence-corrected chi connectivity index (χ3v) is 6.29. The number of nitrogens with zero attached hydrogens (tertiary/aromatic N) is 2. The van der Waals surface area contributed by atoms with E-state index in [1.165, 1.54) is 7.11 Å². The molecule has 0 N–H and O–H groups in total. The Morgan fingerprint density at radius 2 is 2.04 bits per heavy atom. The Balaban J connectivity index is 1.78. The fraction of sp³-hybridized carbons (Fsp3) is 0.944. The minimum atomic E-state index is -0.461. The van der Waals surface area contributed by atoms with Crippen LogP contribution in [0.1, 0.15) is 39.5 Å². The van der Waals surface area contributed by atoms with Crippen molar-refractivity contribution in [3.63, 3.8) is 0 Å². The summed E-state index contributed by atoms with van der Waals surface area (Å²) in [7, 11) is 3.16. The topological polar surface area (TPSA) is 60.5 Å². The maximum Gasteiger partial charge on any atom is 0.424 e. The lowest BCUT2D eigenvalue weighted by molar-refractivity contribution is -0.186. The molecule has 2 aliphatic heterocycles. The van der Waals surface area contributed by atoms with Gasteiger partial charge in [-0.2, -0.15) is 0 Å². The van der Waals surface area contributed by atoms with Crippen LogP contribution in [0.4, 0.5) is 4.79 Å². The number of carbonyl (C=O) groups excluding carboxylic acids is 1. The van der Waals surface area contributed by atoms with Gasteiger partial charge in [-0.1, -0.05) is 6.92 Å². The van der Waals surface area contributed by atoms with Crippen LogP contribution in [0.5, 0.6) is 0 Å². The second-order valence-electron chi connectivity index (χ2n) is 7.47. The molecular weight excluding hydrogens is 324 g/mol. The normalized spacial score (nSPS) is 33.0. The monoisotopic (exact) mass is 356 g/mol. The molecule has 4 atom stereocenters. The molecule has 0 unspecified atom stereocenters. The van der Waals surface area contributed by atoms with Crippen LogP contribution in [0.2, 0.25) is 0 Å². The Labute approximate surface area is 150 Å². The number of methoxy groups -OCH3 is 2. The second kappa shape index (κ2) is 7.78. The van der Waals surface area contributed by atoms with Crippen molar-refractivity contribution in [3.8, 4) is 0 Å². The summed E-state index contributed by atoms with van der Waals surface area (Å²) in [5.74, 6) is 0.0825. The van der Waals surface area contributed by atoms with Crippen LogP contribution in [-0.2, 0) is 18.9 Å². The standard InChI is InChI=1S/C18H32N2O5/c1-13-16(7-8-18(13)24-10-11-25-18)14(2)20(17(21)23-4)19-9-5-6-15(19)12-22-3/h13-16H,5-12H2,1-4H3/t13-,14-,15+,16-/m1/s1. The molecule has 1 saturated carbocycles. The Morgan fingerprint density at radius 1 is 1.32 bits per heavy atom. The lowest BCUT2D eigenvalue weighted by atomic mass is 9.89. The van der Waals surface area contributed by atoms with Gasteiger partial charge in [0.15, 0.2) is 5.79 Å². The fourth-order valence-electron chi connectivity index (χ4n) is 4.95. The van der Waals surface area contributed by atoms with E-state index >= 15 is 0 Å². The Bertz CT molecular complexity index is 468. The van der Waals surface area contributed by atoms with E-state index in [0.29, 0.717) is 25.7 Å². The quantitative estimate of drug-likeness (QED) is 0.753.